The maximum Gasteiger partial charge on any atom is 0.481 e. The zero-order valence-electron chi connectivity index (χ0n) is 29.5. The molecule has 312 valence electrons. The lowest BCUT2D eigenvalue weighted by Gasteiger charge is -2.39. The number of carbonyl (C=O) groups is 3. The van der Waals surface area contributed by atoms with Gasteiger partial charge in [-0.15, -0.1) is 0 Å². The number of ether oxygens (including phenoxy) is 1. The van der Waals surface area contributed by atoms with Crippen LogP contribution in [0.15, 0.2) is 39.5 Å². The number of phosphoric ester groups is 3. The predicted octanol–water partition coefficient (Wildman–Crippen LogP) is -2.17. The Morgan fingerprint density at radius 3 is 2.48 bits per heavy atom. The minimum Gasteiger partial charge on any atom is -0.386 e. The van der Waals surface area contributed by atoms with Crippen molar-refractivity contribution in [2.75, 3.05) is 38.7 Å². The van der Waals surface area contributed by atoms with Gasteiger partial charge < -0.3 is 50.9 Å². The molecule has 1 aromatic heterocycles. The van der Waals surface area contributed by atoms with Gasteiger partial charge in [0, 0.05) is 48.6 Å². The number of nitrogens with two attached hydrogens (primary N) is 1. The van der Waals surface area contributed by atoms with Crippen LogP contribution in [0.25, 0.3) is 0 Å². The number of carbonyl (C=O) groups excluding carboxylic acids is 3. The van der Waals surface area contributed by atoms with Crippen LogP contribution in [0.2, 0.25) is 0 Å². The van der Waals surface area contributed by atoms with E-state index in [4.69, 9.17) is 24.0 Å². The smallest absolute Gasteiger partial charge is 0.386 e. The first kappa shape index (κ1) is 45.8. The van der Waals surface area contributed by atoms with Crippen LogP contribution < -0.4 is 16.4 Å². The molecule has 1 aromatic rings. The van der Waals surface area contributed by atoms with Gasteiger partial charge in [-0.2, -0.15) is 16.9 Å². The van der Waals surface area contributed by atoms with Gasteiger partial charge in [0.05, 0.1) is 19.9 Å². The van der Waals surface area contributed by atoms with E-state index >= 15 is 0 Å². The summed E-state index contributed by atoms with van der Waals surface area (Å²) in [7, 11) is -16.6. The number of ketones is 1. The third kappa shape index (κ3) is 11.2. The fourth-order valence-corrected chi connectivity index (χ4v) is 8.43. The maximum absolute atomic E-state index is 14.0. The number of aliphatic hydroxyl groups excluding tert-OH is 2. The number of amidine groups is 1. The third-order valence-electron chi connectivity index (χ3n) is 8.21. The summed E-state index contributed by atoms with van der Waals surface area (Å²) in [6.07, 6.45) is -6.17. The van der Waals surface area contributed by atoms with Crippen molar-refractivity contribution in [2.45, 2.75) is 56.6 Å². The van der Waals surface area contributed by atoms with Crippen LogP contribution in [0, 0.1) is 5.41 Å². The highest BCUT2D eigenvalue weighted by atomic mass is 32.1. The van der Waals surface area contributed by atoms with Crippen LogP contribution in [-0.2, 0) is 45.9 Å². The van der Waals surface area contributed by atoms with Crippen molar-refractivity contribution in [1.29, 1.82) is 0 Å². The minimum absolute atomic E-state index is 0.00559. The molecule has 1 fully saturated rings. The number of nitrogens with zero attached hydrogens (tertiary/aromatic N) is 5. The first-order chi connectivity index (χ1) is 26.0. The summed E-state index contributed by atoms with van der Waals surface area (Å²) in [5.74, 6) is -1.96. The second-order valence-electron chi connectivity index (χ2n) is 12.8. The quantitative estimate of drug-likeness (QED) is 0.0378. The van der Waals surface area contributed by atoms with Crippen molar-refractivity contribution in [3.05, 3.63) is 30.1 Å². The standard InChI is InChI=1S/C27H41N8O17P3S/c1-26(2,22(39)24(40)31-7-5-17(36)30-8-9-56)12-49-55(46,47)52-54(44,45)48-11-16-19(51-53(41,42)43)18(37)25(50-16)35-14-33-20-23(28)32-13-34-27(20,35)21(38)15-4-3-6-29-10-15/h3-4,6,10,13,16,18-19,22,25,37,39,56H,5,7-9,11-12,14H2,1-2H3,(H,30,36)(H,31,40)(H,44,45)(H,46,47)(H2,28,32,34)(H2,41,42,43)/t16-,18-,19-,22+,25-,27?/m1/s1. The van der Waals surface area contributed by atoms with Crippen LogP contribution in [0.3, 0.4) is 0 Å². The monoisotopic (exact) mass is 874 g/mol. The van der Waals surface area contributed by atoms with Gasteiger partial charge in [0.2, 0.25) is 23.3 Å². The lowest BCUT2D eigenvalue weighted by molar-refractivity contribution is -0.137. The second-order valence-corrected chi connectivity index (χ2v) is 17.5. The molecule has 4 heterocycles. The Balaban J connectivity index is 1.43. The van der Waals surface area contributed by atoms with Crippen molar-refractivity contribution in [1.82, 2.24) is 20.5 Å². The van der Waals surface area contributed by atoms with Crippen LogP contribution >= 0.6 is 36.1 Å². The van der Waals surface area contributed by atoms with Crippen LogP contribution in [0.1, 0.15) is 30.6 Å². The molecule has 3 unspecified atom stereocenters. The molecule has 0 aliphatic carbocycles. The molecule has 0 radical (unpaired) electrons. The first-order valence-corrected chi connectivity index (χ1v) is 21.4. The summed E-state index contributed by atoms with van der Waals surface area (Å²) in [6.45, 7) is 0.0585. The summed E-state index contributed by atoms with van der Waals surface area (Å²) in [5, 5.41) is 26.6. The predicted molar refractivity (Wildman–Crippen MR) is 194 cm³/mol. The van der Waals surface area contributed by atoms with E-state index in [9.17, 15) is 57.9 Å². The average Bonchev–Trinajstić information content (AvgIpc) is 3.66. The summed E-state index contributed by atoms with van der Waals surface area (Å²) in [6, 6.07) is 2.85. The third-order valence-corrected chi connectivity index (χ3v) is 11.5. The Bertz CT molecular complexity index is 1870. The van der Waals surface area contributed by atoms with Crippen LogP contribution in [-0.4, -0.2) is 150 Å². The zero-order chi connectivity index (χ0) is 41.7. The topological polar surface area (TPSA) is 373 Å². The summed E-state index contributed by atoms with van der Waals surface area (Å²) in [5.41, 5.74) is 2.10. The number of nitrogens with one attached hydrogen (secondary N) is 2. The molecule has 3 aliphatic heterocycles. The molecular weight excluding hydrogens is 833 g/mol. The molecule has 2 amide bonds. The van der Waals surface area contributed by atoms with Gasteiger partial charge in [0.15, 0.2) is 5.84 Å². The van der Waals surface area contributed by atoms with Gasteiger partial charge in [-0.05, 0) is 12.1 Å². The normalized spacial score (nSPS) is 26.7. The number of phosphoric acid groups is 3. The van der Waals surface area contributed by atoms with Crippen molar-refractivity contribution < 1.29 is 80.5 Å². The molecule has 10 N–H and O–H groups in total. The largest absolute Gasteiger partial charge is 0.481 e. The summed E-state index contributed by atoms with van der Waals surface area (Å²) < 4.78 is 61.8. The molecule has 25 nitrogen and oxygen atoms in total. The van der Waals surface area contributed by atoms with E-state index in [1.807, 2.05) is 0 Å². The van der Waals surface area contributed by atoms with Gasteiger partial charge in [-0.25, -0.2) is 28.6 Å². The highest BCUT2D eigenvalue weighted by Crippen LogP contribution is 2.61. The number of aliphatic imine (C=N–C) groups is 3. The van der Waals surface area contributed by atoms with Gasteiger partial charge in [-0.1, -0.05) is 13.8 Å². The summed E-state index contributed by atoms with van der Waals surface area (Å²) in [4.78, 5) is 95.2. The Kier molecular flexibility index (Phi) is 15.0. The number of hydrogen-bond acceptors (Lipinski definition) is 20. The van der Waals surface area contributed by atoms with Gasteiger partial charge in [-0.3, -0.25) is 37.9 Å². The highest BCUT2D eigenvalue weighted by molar-refractivity contribution is 7.80. The molecule has 4 rings (SSSR count). The van der Waals surface area contributed by atoms with E-state index in [0.717, 1.165) is 11.2 Å². The molecule has 1 saturated heterocycles. The molecule has 8 atom stereocenters. The van der Waals surface area contributed by atoms with E-state index in [1.165, 1.54) is 38.4 Å². The lowest BCUT2D eigenvalue weighted by atomic mass is 9.87. The van der Waals surface area contributed by atoms with E-state index in [1.54, 1.807) is 0 Å². The van der Waals surface area contributed by atoms with Gasteiger partial charge in [0.25, 0.3) is 0 Å². The number of Topliss-reactive ketones (excluding diaryl/α,β-unsaturated/α-hetero) is 1. The number of amides is 2. The number of pyridine rings is 1. The van der Waals surface area contributed by atoms with Crippen molar-refractivity contribution in [3.63, 3.8) is 0 Å². The molecule has 0 spiro atoms. The highest BCUT2D eigenvalue weighted by Gasteiger charge is 2.62. The first-order valence-electron chi connectivity index (χ1n) is 16.2. The molecule has 0 saturated carbocycles. The molecule has 3 aliphatic rings. The fourth-order valence-electron chi connectivity index (χ4n) is 5.49. The molecular formula is C27H41N8O17P3S. The van der Waals surface area contributed by atoms with Crippen LogP contribution in [0.4, 0.5) is 0 Å². The molecule has 56 heavy (non-hydrogen) atoms. The number of aliphatic hydroxyl groups is 2. The fraction of sp³-hybridized carbons (Fsp3) is 0.593. The Morgan fingerprint density at radius 1 is 1.14 bits per heavy atom. The molecule has 29 heteroatoms. The van der Waals surface area contributed by atoms with Gasteiger partial charge >= 0.3 is 23.5 Å². The Hall–Kier alpha value is -2.87. The number of fused-ring (bicyclic) bond motifs is 1. The zero-order valence-corrected chi connectivity index (χ0v) is 33.1. The van der Waals surface area contributed by atoms with E-state index < -0.39 is 96.8 Å². The average molecular weight is 875 g/mol. The Labute approximate surface area is 323 Å². The maximum atomic E-state index is 14.0. The van der Waals surface area contributed by atoms with E-state index in [0.29, 0.717) is 12.3 Å². The molecule has 0 aromatic carbocycles. The van der Waals surface area contributed by atoms with Crippen LogP contribution in [0.5, 0.6) is 0 Å². The second kappa shape index (κ2) is 18.4. The lowest BCUT2D eigenvalue weighted by Crippen LogP contribution is -2.64. The van der Waals surface area contributed by atoms with E-state index in [2.05, 4.69) is 47.5 Å². The van der Waals surface area contributed by atoms with Crippen molar-refractivity contribution in [3.8, 4) is 0 Å². The number of rotatable bonds is 20. The van der Waals surface area contributed by atoms with Crippen molar-refractivity contribution in [2.24, 2.45) is 26.1 Å². The SMILES string of the molecule is CC(C)(COP(=O)(O)OP(=O)(O)OC[C@H]1O[C@@H](N2CN=C3C(N)=NC=NC32C(=O)c2cccnc2)[C@H](O)[C@@H]1OP(=O)(O)O)[C@@H](O)C(=O)NCCC(=O)NCCS. The number of thiol groups is 1. The van der Waals surface area contributed by atoms with E-state index in [-0.39, 0.29) is 36.0 Å². The number of aromatic nitrogens is 1. The summed E-state index contributed by atoms with van der Waals surface area (Å²) >= 11 is 3.96. The molecule has 0 bridgehead atoms. The minimum atomic E-state index is -5.65. The number of hydrogen-bond donors (Lipinski definition) is 10. The van der Waals surface area contributed by atoms with Gasteiger partial charge in [0.1, 0.15) is 42.7 Å². The Morgan fingerprint density at radius 2 is 1.84 bits per heavy atom. The van der Waals surface area contributed by atoms with Crippen molar-refractivity contribution >= 4 is 71.6 Å².